The number of amides is 3. The van der Waals surface area contributed by atoms with Crippen molar-refractivity contribution in [3.05, 3.63) is 64.8 Å². The number of nitrogens with one attached hydrogen (secondary N) is 2. The van der Waals surface area contributed by atoms with Crippen LogP contribution >= 0.6 is 11.3 Å². The summed E-state index contributed by atoms with van der Waals surface area (Å²) in [6, 6.07) is 10.6. The van der Waals surface area contributed by atoms with Crippen molar-refractivity contribution in [1.82, 2.24) is 20.5 Å². The molecule has 1 aliphatic heterocycles. The molecule has 13 heteroatoms. The van der Waals surface area contributed by atoms with E-state index in [9.17, 15) is 28.7 Å². The first-order valence-corrected chi connectivity index (χ1v) is 17.8. The molecule has 0 bridgehead atoms. The molecule has 0 unspecified atom stereocenters. The second-order valence-corrected chi connectivity index (χ2v) is 14.9. The van der Waals surface area contributed by atoms with E-state index in [1.165, 1.54) is 16.2 Å². The number of aliphatic hydroxyl groups excluding tert-OH is 1. The molecular formula is C37H45FN4O7S. The number of benzene rings is 2. The topological polar surface area (TPSA) is 147 Å². The highest BCUT2D eigenvalue weighted by atomic mass is 32.1. The zero-order chi connectivity index (χ0) is 36.1. The lowest BCUT2D eigenvalue weighted by Crippen LogP contribution is -2.59. The fourth-order valence-electron chi connectivity index (χ4n) is 5.79. The minimum absolute atomic E-state index is 0.0334. The largest absolute Gasteiger partial charge is 0.494 e. The van der Waals surface area contributed by atoms with Crippen LogP contribution in [0.5, 0.6) is 11.5 Å². The fourth-order valence-corrected chi connectivity index (χ4v) is 6.59. The molecule has 2 fully saturated rings. The Labute approximate surface area is 295 Å². The Kier molecular flexibility index (Phi) is 11.6. The van der Waals surface area contributed by atoms with Crippen molar-refractivity contribution >= 4 is 35.3 Å². The van der Waals surface area contributed by atoms with E-state index in [-0.39, 0.29) is 32.4 Å². The van der Waals surface area contributed by atoms with Gasteiger partial charge in [-0.25, -0.2) is 9.37 Å². The van der Waals surface area contributed by atoms with Crippen LogP contribution in [0.15, 0.2) is 48.0 Å². The first-order valence-electron chi connectivity index (χ1n) is 16.9. The Morgan fingerprint density at radius 1 is 1.12 bits per heavy atom. The number of carbonyl (C=O) groups is 4. The number of likely N-dealkylation sites (tertiary alicyclic amines) is 1. The average Bonchev–Trinajstić information content (AvgIpc) is 3.50. The minimum atomic E-state index is -1.96. The summed E-state index contributed by atoms with van der Waals surface area (Å²) in [4.78, 5) is 57.5. The third kappa shape index (κ3) is 9.05. The van der Waals surface area contributed by atoms with Crippen LogP contribution < -0.4 is 20.1 Å². The van der Waals surface area contributed by atoms with Crippen molar-refractivity contribution < 1.29 is 38.1 Å². The summed E-state index contributed by atoms with van der Waals surface area (Å²) >= 11 is 1.52. The van der Waals surface area contributed by atoms with Gasteiger partial charge in [0, 0.05) is 30.6 Å². The van der Waals surface area contributed by atoms with Gasteiger partial charge in [-0.05, 0) is 73.9 Å². The number of β-amino-alcohol motifs (C(OH)–C–C–N with tert-alkyl or cyclic N) is 1. The van der Waals surface area contributed by atoms with Crippen molar-refractivity contribution in [2.24, 2.45) is 5.41 Å². The number of hydrogen-bond acceptors (Lipinski definition) is 9. The lowest BCUT2D eigenvalue weighted by atomic mass is 9.85. The molecule has 3 amide bonds. The molecule has 2 heterocycles. The van der Waals surface area contributed by atoms with Crippen LogP contribution in [-0.4, -0.2) is 82.6 Å². The average molecular weight is 709 g/mol. The molecule has 0 radical (unpaired) electrons. The zero-order valence-electron chi connectivity index (χ0n) is 28.9. The number of hydrogen-bond donors (Lipinski definition) is 3. The van der Waals surface area contributed by atoms with Crippen LogP contribution in [0.25, 0.3) is 10.4 Å². The molecule has 11 nitrogen and oxygen atoms in total. The Morgan fingerprint density at radius 3 is 2.44 bits per heavy atom. The maximum Gasteiger partial charge on any atom is 0.258 e. The van der Waals surface area contributed by atoms with E-state index in [4.69, 9.17) is 9.47 Å². The third-order valence-electron chi connectivity index (χ3n) is 8.96. The monoisotopic (exact) mass is 708 g/mol. The fraction of sp³-hybridized carbons (Fsp3) is 0.486. The minimum Gasteiger partial charge on any atom is -0.494 e. The summed E-state index contributed by atoms with van der Waals surface area (Å²) in [6.45, 7) is 8.12. The van der Waals surface area contributed by atoms with E-state index in [2.05, 4.69) is 15.6 Å². The predicted molar refractivity (Wildman–Crippen MR) is 187 cm³/mol. The SMILES string of the molecule is Cc1ncsc1-c1ccc(CNC(=O)[C@@H]2C[C@@H](O)CN2C(=O)[C@@H](NC(=O)C2(F)CC2)C(C)(C)C)c(OCCCCOc2ccc(C=O)cc2)c1. The lowest BCUT2D eigenvalue weighted by Gasteiger charge is -2.35. The smallest absolute Gasteiger partial charge is 0.258 e. The van der Waals surface area contributed by atoms with Gasteiger partial charge in [0.1, 0.15) is 29.9 Å². The van der Waals surface area contributed by atoms with Gasteiger partial charge in [-0.2, -0.15) is 0 Å². The molecule has 50 heavy (non-hydrogen) atoms. The van der Waals surface area contributed by atoms with Crippen molar-refractivity contribution in [2.75, 3.05) is 19.8 Å². The molecule has 3 atom stereocenters. The van der Waals surface area contributed by atoms with Gasteiger partial charge in [0.25, 0.3) is 5.91 Å². The molecule has 0 spiro atoms. The van der Waals surface area contributed by atoms with Crippen LogP contribution in [-0.2, 0) is 20.9 Å². The molecule has 2 aliphatic rings. The van der Waals surface area contributed by atoms with E-state index in [1.54, 1.807) is 50.5 Å². The molecular weight excluding hydrogens is 663 g/mol. The first kappa shape index (κ1) is 36.9. The molecule has 1 saturated carbocycles. The number of alkyl halides is 1. The zero-order valence-corrected chi connectivity index (χ0v) is 29.7. The van der Waals surface area contributed by atoms with E-state index >= 15 is 0 Å². The maximum atomic E-state index is 14.5. The van der Waals surface area contributed by atoms with E-state index in [1.807, 2.05) is 25.1 Å². The standard InChI is InChI=1S/C37H45FN4O7S/c1-23-31(50-22-40-23)25-9-10-26(30(17-25)49-16-6-5-15-48-28-11-7-24(21-43)8-12-28)19-39-33(45)29-18-27(44)20-42(29)34(46)32(36(2,3)4)41-35(47)37(38)13-14-37/h7-12,17,21-22,27,29,32,44H,5-6,13-16,18-20H2,1-4H3,(H,39,45)(H,41,47)/t27-,29+,32-/m1/s1. The molecule has 1 saturated heterocycles. The molecule has 268 valence electrons. The summed E-state index contributed by atoms with van der Waals surface area (Å²) in [5.74, 6) is -0.543. The van der Waals surface area contributed by atoms with Gasteiger partial charge < -0.3 is 30.1 Å². The first-order chi connectivity index (χ1) is 23.8. The highest BCUT2D eigenvalue weighted by Crippen LogP contribution is 2.40. The Bertz CT molecular complexity index is 1690. The van der Waals surface area contributed by atoms with Crippen LogP contribution in [0, 0.1) is 12.3 Å². The second-order valence-electron chi connectivity index (χ2n) is 14.0. The Balaban J connectivity index is 1.23. The summed E-state index contributed by atoms with van der Waals surface area (Å²) < 4.78 is 26.5. The number of aliphatic hydroxyl groups is 1. The summed E-state index contributed by atoms with van der Waals surface area (Å²) in [5.41, 5.74) is 2.19. The van der Waals surface area contributed by atoms with Gasteiger partial charge in [-0.3, -0.25) is 19.2 Å². The third-order valence-corrected chi connectivity index (χ3v) is 9.94. The highest BCUT2D eigenvalue weighted by Gasteiger charge is 2.53. The van der Waals surface area contributed by atoms with Gasteiger partial charge in [-0.15, -0.1) is 11.3 Å². The molecule has 1 aliphatic carbocycles. The van der Waals surface area contributed by atoms with Crippen molar-refractivity contribution in [2.45, 2.75) is 90.2 Å². The maximum absolute atomic E-state index is 14.5. The van der Waals surface area contributed by atoms with Gasteiger partial charge in [-0.1, -0.05) is 32.9 Å². The van der Waals surface area contributed by atoms with Gasteiger partial charge in [0.15, 0.2) is 5.67 Å². The van der Waals surface area contributed by atoms with Crippen LogP contribution in [0.1, 0.15) is 74.5 Å². The number of halogens is 1. The normalized spacial score (nSPS) is 18.6. The lowest BCUT2D eigenvalue weighted by molar-refractivity contribution is -0.145. The number of ether oxygens (including phenoxy) is 2. The Hall–Kier alpha value is -4.36. The number of rotatable bonds is 15. The summed E-state index contributed by atoms with van der Waals surface area (Å²) in [6.07, 6.45) is 1.54. The molecule has 2 aromatic carbocycles. The van der Waals surface area contributed by atoms with Crippen LogP contribution in [0.3, 0.4) is 0 Å². The number of aromatic nitrogens is 1. The number of thiazole rings is 1. The number of carbonyl (C=O) groups excluding carboxylic acids is 4. The second kappa shape index (κ2) is 15.7. The Morgan fingerprint density at radius 2 is 1.82 bits per heavy atom. The molecule has 1 aromatic heterocycles. The predicted octanol–water partition coefficient (Wildman–Crippen LogP) is 4.78. The van der Waals surface area contributed by atoms with Crippen molar-refractivity contribution in [3.8, 4) is 21.9 Å². The molecule has 3 aromatic rings. The van der Waals surface area contributed by atoms with Crippen molar-refractivity contribution in [1.29, 1.82) is 0 Å². The van der Waals surface area contributed by atoms with Gasteiger partial charge in [0.05, 0.1) is 35.4 Å². The number of unbranched alkanes of at least 4 members (excludes halogenated alkanes) is 1. The number of aryl methyl sites for hydroxylation is 1. The quantitative estimate of drug-likeness (QED) is 0.151. The molecule has 5 rings (SSSR count). The van der Waals surface area contributed by atoms with E-state index in [0.29, 0.717) is 36.7 Å². The van der Waals surface area contributed by atoms with Crippen molar-refractivity contribution in [3.63, 3.8) is 0 Å². The van der Waals surface area contributed by atoms with Gasteiger partial charge >= 0.3 is 0 Å². The molecule has 3 N–H and O–H groups in total. The summed E-state index contributed by atoms with van der Waals surface area (Å²) in [5, 5.41) is 16.0. The number of aldehydes is 1. The number of nitrogens with zero attached hydrogens (tertiary/aromatic N) is 2. The van der Waals surface area contributed by atoms with Gasteiger partial charge in [0.2, 0.25) is 11.8 Å². The van der Waals surface area contributed by atoms with Crippen LogP contribution in [0.4, 0.5) is 4.39 Å². The van der Waals surface area contributed by atoms with Crippen LogP contribution in [0.2, 0.25) is 0 Å². The van der Waals surface area contributed by atoms with E-state index < -0.39 is 47.0 Å². The summed E-state index contributed by atoms with van der Waals surface area (Å²) in [7, 11) is 0. The highest BCUT2D eigenvalue weighted by molar-refractivity contribution is 7.13. The van der Waals surface area contributed by atoms with E-state index in [0.717, 1.165) is 34.4 Å².